The second kappa shape index (κ2) is 7.51. The third kappa shape index (κ3) is 5.02. The lowest BCUT2D eigenvalue weighted by Crippen LogP contribution is -2.09. The number of nitrogen functional groups attached to an aromatic ring is 1. The van der Waals surface area contributed by atoms with Gasteiger partial charge in [-0.2, -0.15) is 5.26 Å². The van der Waals surface area contributed by atoms with Crippen molar-refractivity contribution in [3.63, 3.8) is 0 Å². The molecule has 5 heteroatoms. The number of ether oxygens (including phenoxy) is 1. The molecule has 0 aliphatic rings. The van der Waals surface area contributed by atoms with Crippen molar-refractivity contribution in [2.24, 2.45) is 5.92 Å². The van der Waals surface area contributed by atoms with E-state index in [2.05, 4.69) is 24.1 Å². The molecule has 0 spiro atoms. The van der Waals surface area contributed by atoms with Crippen LogP contribution in [0.25, 0.3) is 0 Å². The average Bonchev–Trinajstić information content (AvgIpc) is 2.35. The first kappa shape index (κ1) is 14.3. The van der Waals surface area contributed by atoms with E-state index in [0.717, 1.165) is 26.2 Å². The van der Waals surface area contributed by atoms with Crippen LogP contribution in [0.1, 0.15) is 26.0 Å². The zero-order valence-electron chi connectivity index (χ0n) is 10.9. The number of nitrogens with two attached hydrogens (primary N) is 1. The van der Waals surface area contributed by atoms with Gasteiger partial charge < -0.3 is 15.8 Å². The minimum absolute atomic E-state index is 0.260. The van der Waals surface area contributed by atoms with Crippen LogP contribution >= 0.6 is 0 Å². The summed E-state index contributed by atoms with van der Waals surface area (Å²) in [5.74, 6) is 1.24. The van der Waals surface area contributed by atoms with Crippen molar-refractivity contribution in [1.82, 2.24) is 4.98 Å². The molecule has 0 fully saturated rings. The average molecular weight is 248 g/mol. The number of aromatic nitrogens is 1. The van der Waals surface area contributed by atoms with Gasteiger partial charge in [-0.05, 0) is 24.5 Å². The van der Waals surface area contributed by atoms with Gasteiger partial charge in [0.1, 0.15) is 11.9 Å². The Balaban J connectivity index is 2.26. The van der Waals surface area contributed by atoms with Crippen molar-refractivity contribution in [3.05, 3.63) is 17.8 Å². The van der Waals surface area contributed by atoms with E-state index in [1.54, 1.807) is 12.1 Å². The van der Waals surface area contributed by atoms with Gasteiger partial charge in [-0.3, -0.25) is 0 Å². The van der Waals surface area contributed by atoms with Gasteiger partial charge in [0, 0.05) is 19.8 Å². The smallest absolute Gasteiger partial charge is 0.165 e. The molecule has 0 saturated carbocycles. The van der Waals surface area contributed by atoms with Crippen molar-refractivity contribution in [2.75, 3.05) is 30.8 Å². The number of nitrogens with one attached hydrogen (secondary N) is 1. The molecule has 0 bridgehead atoms. The molecule has 0 amide bonds. The maximum absolute atomic E-state index is 8.80. The van der Waals surface area contributed by atoms with Gasteiger partial charge >= 0.3 is 0 Å². The molecular weight excluding hydrogens is 228 g/mol. The van der Waals surface area contributed by atoms with Gasteiger partial charge in [0.15, 0.2) is 5.69 Å². The van der Waals surface area contributed by atoms with Crippen molar-refractivity contribution in [2.45, 2.75) is 20.3 Å². The van der Waals surface area contributed by atoms with Crippen molar-refractivity contribution < 1.29 is 4.74 Å². The Morgan fingerprint density at radius 1 is 1.50 bits per heavy atom. The summed E-state index contributed by atoms with van der Waals surface area (Å²) in [4.78, 5) is 4.10. The maximum Gasteiger partial charge on any atom is 0.165 e. The van der Waals surface area contributed by atoms with Crippen LogP contribution in [0.5, 0.6) is 0 Å². The molecule has 98 valence electrons. The van der Waals surface area contributed by atoms with Gasteiger partial charge in [-0.25, -0.2) is 4.98 Å². The number of hydrogen-bond acceptors (Lipinski definition) is 5. The molecule has 1 aromatic heterocycles. The number of rotatable bonds is 7. The predicted molar refractivity (Wildman–Crippen MR) is 72.1 cm³/mol. The lowest BCUT2D eigenvalue weighted by atomic mass is 10.2. The number of pyridine rings is 1. The first-order valence-electron chi connectivity index (χ1n) is 6.11. The van der Waals surface area contributed by atoms with Crippen LogP contribution in [0.4, 0.5) is 11.5 Å². The summed E-state index contributed by atoms with van der Waals surface area (Å²) >= 11 is 0. The molecule has 0 unspecified atom stereocenters. The first-order chi connectivity index (χ1) is 8.63. The molecule has 0 saturated heterocycles. The van der Waals surface area contributed by atoms with Gasteiger partial charge in [0.25, 0.3) is 0 Å². The Morgan fingerprint density at radius 2 is 2.28 bits per heavy atom. The molecule has 0 radical (unpaired) electrons. The molecule has 1 rings (SSSR count). The van der Waals surface area contributed by atoms with E-state index in [1.165, 1.54) is 0 Å². The normalized spacial score (nSPS) is 10.3. The number of hydrogen-bond donors (Lipinski definition) is 2. The highest BCUT2D eigenvalue weighted by Gasteiger charge is 2.01. The van der Waals surface area contributed by atoms with E-state index in [1.807, 2.05) is 6.07 Å². The third-order valence-electron chi connectivity index (χ3n) is 2.26. The molecule has 0 atom stereocenters. The van der Waals surface area contributed by atoms with Crippen molar-refractivity contribution in [1.29, 1.82) is 5.26 Å². The summed E-state index contributed by atoms with van der Waals surface area (Å²) in [6.07, 6.45) is 0.903. The molecular formula is C13H20N4O. The Hall–Kier alpha value is -1.80. The third-order valence-corrected chi connectivity index (χ3v) is 2.26. The largest absolute Gasteiger partial charge is 0.396 e. The SMILES string of the molecule is CC(C)COCCCNc1ccc(N)c(C#N)n1. The summed E-state index contributed by atoms with van der Waals surface area (Å²) in [7, 11) is 0. The summed E-state index contributed by atoms with van der Waals surface area (Å²) in [5, 5.41) is 11.9. The molecule has 1 heterocycles. The van der Waals surface area contributed by atoms with E-state index < -0.39 is 0 Å². The van der Waals surface area contributed by atoms with E-state index in [0.29, 0.717) is 17.4 Å². The minimum atomic E-state index is 0.260. The number of anilines is 2. The zero-order valence-corrected chi connectivity index (χ0v) is 10.9. The van der Waals surface area contributed by atoms with Crippen molar-refractivity contribution >= 4 is 11.5 Å². The fraction of sp³-hybridized carbons (Fsp3) is 0.538. The maximum atomic E-state index is 8.80. The molecule has 0 aliphatic carbocycles. The van der Waals surface area contributed by atoms with Crippen LogP contribution in [0.3, 0.4) is 0 Å². The molecule has 0 aromatic carbocycles. The van der Waals surface area contributed by atoms with Crippen LogP contribution in [-0.2, 0) is 4.74 Å². The van der Waals surface area contributed by atoms with E-state index in [4.69, 9.17) is 15.7 Å². The lowest BCUT2D eigenvalue weighted by molar-refractivity contribution is 0.110. The van der Waals surface area contributed by atoms with Gasteiger partial charge in [0.05, 0.1) is 5.69 Å². The summed E-state index contributed by atoms with van der Waals surface area (Å²) in [6.45, 7) is 6.53. The minimum Gasteiger partial charge on any atom is -0.396 e. The first-order valence-corrected chi connectivity index (χ1v) is 6.11. The van der Waals surface area contributed by atoms with Crippen LogP contribution in [0.2, 0.25) is 0 Å². The Kier molecular flexibility index (Phi) is 5.95. The fourth-order valence-electron chi connectivity index (χ4n) is 1.37. The summed E-state index contributed by atoms with van der Waals surface area (Å²) in [5.41, 5.74) is 6.26. The van der Waals surface area contributed by atoms with Crippen LogP contribution < -0.4 is 11.1 Å². The highest BCUT2D eigenvalue weighted by atomic mass is 16.5. The fourth-order valence-corrected chi connectivity index (χ4v) is 1.37. The summed E-state index contributed by atoms with van der Waals surface area (Å²) < 4.78 is 5.46. The second-order valence-corrected chi connectivity index (χ2v) is 4.50. The van der Waals surface area contributed by atoms with Crippen LogP contribution in [-0.4, -0.2) is 24.7 Å². The van der Waals surface area contributed by atoms with Gasteiger partial charge in [0.2, 0.25) is 0 Å². The van der Waals surface area contributed by atoms with E-state index >= 15 is 0 Å². The molecule has 1 aromatic rings. The Morgan fingerprint density at radius 3 is 2.94 bits per heavy atom. The Bertz CT molecular complexity index is 412. The van der Waals surface area contributed by atoms with Gasteiger partial charge in [-0.15, -0.1) is 0 Å². The van der Waals surface area contributed by atoms with Crippen LogP contribution in [0.15, 0.2) is 12.1 Å². The van der Waals surface area contributed by atoms with Crippen LogP contribution in [0, 0.1) is 17.2 Å². The lowest BCUT2D eigenvalue weighted by Gasteiger charge is -2.08. The summed E-state index contributed by atoms with van der Waals surface area (Å²) in [6, 6.07) is 5.41. The number of nitrogens with zero attached hydrogens (tertiary/aromatic N) is 2. The monoisotopic (exact) mass is 248 g/mol. The number of nitriles is 1. The topological polar surface area (TPSA) is 84.0 Å². The standard InChI is InChI=1S/C13H20N4O/c1-10(2)9-18-7-3-6-16-13-5-4-11(15)12(8-14)17-13/h4-5,10H,3,6-7,9,15H2,1-2H3,(H,16,17). The Labute approximate surface area is 108 Å². The van der Waals surface area contributed by atoms with Crippen molar-refractivity contribution in [3.8, 4) is 6.07 Å². The van der Waals surface area contributed by atoms with E-state index in [-0.39, 0.29) is 5.69 Å². The quantitative estimate of drug-likeness (QED) is 0.721. The molecule has 0 aliphatic heterocycles. The molecule has 5 nitrogen and oxygen atoms in total. The van der Waals surface area contributed by atoms with Gasteiger partial charge in [-0.1, -0.05) is 13.8 Å². The molecule has 18 heavy (non-hydrogen) atoms. The van der Waals surface area contributed by atoms with E-state index in [9.17, 15) is 0 Å². The highest BCUT2D eigenvalue weighted by Crippen LogP contribution is 2.11. The zero-order chi connectivity index (χ0) is 13.4. The predicted octanol–water partition coefficient (Wildman–Crippen LogP) is 2.01. The highest BCUT2D eigenvalue weighted by molar-refractivity contribution is 5.54. The second-order valence-electron chi connectivity index (χ2n) is 4.50. The molecule has 3 N–H and O–H groups in total.